The number of hydrogen-bond acceptors (Lipinski definition) is 4. The van der Waals surface area contributed by atoms with Crippen molar-refractivity contribution in [2.45, 2.75) is 32.8 Å². The van der Waals surface area contributed by atoms with E-state index in [0.717, 1.165) is 28.4 Å². The van der Waals surface area contributed by atoms with E-state index in [0.29, 0.717) is 13.0 Å². The lowest BCUT2D eigenvalue weighted by Crippen LogP contribution is -2.03. The number of aromatic nitrogens is 1. The molecule has 0 spiro atoms. The number of aliphatic hydroxyl groups excluding tert-OH is 1. The fourth-order valence-electron chi connectivity index (χ4n) is 1.85. The summed E-state index contributed by atoms with van der Waals surface area (Å²) in [5, 5.41) is 13.3. The van der Waals surface area contributed by atoms with E-state index in [1.54, 1.807) is 11.3 Å². The predicted octanol–water partition coefficient (Wildman–Crippen LogP) is 3.52. The molecule has 0 fully saturated rings. The molecule has 1 unspecified atom stereocenters. The van der Waals surface area contributed by atoms with E-state index in [4.69, 9.17) is 4.74 Å². The van der Waals surface area contributed by atoms with Crippen molar-refractivity contribution in [3.63, 3.8) is 0 Å². The molecule has 1 aromatic carbocycles. The van der Waals surface area contributed by atoms with Crippen molar-refractivity contribution in [1.29, 1.82) is 0 Å². The van der Waals surface area contributed by atoms with Gasteiger partial charge in [0.1, 0.15) is 5.75 Å². The molecule has 0 saturated carbocycles. The molecule has 0 saturated heterocycles. The van der Waals surface area contributed by atoms with E-state index in [-0.39, 0.29) is 0 Å². The lowest BCUT2D eigenvalue weighted by atomic mass is 10.1. The SMILES string of the molecule is CCCOc1cccc(C(O)Cc2csc(C)n2)c1. The van der Waals surface area contributed by atoms with Crippen LogP contribution in [-0.2, 0) is 6.42 Å². The van der Waals surface area contributed by atoms with Crippen LogP contribution in [0.25, 0.3) is 0 Å². The first-order valence-electron chi connectivity index (χ1n) is 6.51. The minimum Gasteiger partial charge on any atom is -0.494 e. The van der Waals surface area contributed by atoms with Crippen LogP contribution in [-0.4, -0.2) is 16.7 Å². The van der Waals surface area contributed by atoms with Crippen molar-refractivity contribution in [2.24, 2.45) is 0 Å². The molecule has 1 N–H and O–H groups in total. The first-order valence-corrected chi connectivity index (χ1v) is 7.39. The third-order valence-electron chi connectivity index (χ3n) is 2.78. The summed E-state index contributed by atoms with van der Waals surface area (Å²) in [7, 11) is 0. The summed E-state index contributed by atoms with van der Waals surface area (Å²) in [5.74, 6) is 0.813. The van der Waals surface area contributed by atoms with E-state index in [2.05, 4.69) is 11.9 Å². The highest BCUT2D eigenvalue weighted by atomic mass is 32.1. The molecule has 19 heavy (non-hydrogen) atoms. The second-order valence-electron chi connectivity index (χ2n) is 4.50. The second kappa shape index (κ2) is 6.68. The van der Waals surface area contributed by atoms with Gasteiger partial charge in [0.15, 0.2) is 0 Å². The highest BCUT2D eigenvalue weighted by Gasteiger charge is 2.11. The Morgan fingerprint density at radius 1 is 1.42 bits per heavy atom. The van der Waals surface area contributed by atoms with Crippen LogP contribution in [0.2, 0.25) is 0 Å². The Bertz CT molecular complexity index is 524. The van der Waals surface area contributed by atoms with E-state index in [1.807, 2.05) is 36.6 Å². The van der Waals surface area contributed by atoms with Gasteiger partial charge in [0, 0.05) is 11.8 Å². The number of aryl methyl sites for hydroxylation is 1. The van der Waals surface area contributed by atoms with Crippen LogP contribution in [0, 0.1) is 6.92 Å². The van der Waals surface area contributed by atoms with Gasteiger partial charge >= 0.3 is 0 Å². The standard InChI is InChI=1S/C15H19NO2S/c1-3-7-18-14-6-4-5-12(8-14)15(17)9-13-10-19-11(2)16-13/h4-6,8,10,15,17H,3,7,9H2,1-2H3. The number of aliphatic hydroxyl groups is 1. The second-order valence-corrected chi connectivity index (χ2v) is 5.56. The van der Waals surface area contributed by atoms with Crippen molar-refractivity contribution in [3.8, 4) is 5.75 Å². The smallest absolute Gasteiger partial charge is 0.119 e. The summed E-state index contributed by atoms with van der Waals surface area (Å²) in [6, 6.07) is 7.65. The maximum Gasteiger partial charge on any atom is 0.119 e. The molecule has 2 rings (SSSR count). The summed E-state index contributed by atoms with van der Waals surface area (Å²) < 4.78 is 5.58. The van der Waals surface area contributed by atoms with Crippen LogP contribution < -0.4 is 4.74 Å². The van der Waals surface area contributed by atoms with Crippen molar-refractivity contribution < 1.29 is 9.84 Å². The monoisotopic (exact) mass is 277 g/mol. The zero-order chi connectivity index (χ0) is 13.7. The van der Waals surface area contributed by atoms with Gasteiger partial charge in [-0.2, -0.15) is 0 Å². The van der Waals surface area contributed by atoms with Crippen LogP contribution in [0.15, 0.2) is 29.6 Å². The number of thiazole rings is 1. The van der Waals surface area contributed by atoms with Crippen molar-refractivity contribution in [3.05, 3.63) is 45.9 Å². The molecule has 1 aromatic heterocycles. The van der Waals surface area contributed by atoms with Crippen LogP contribution in [0.5, 0.6) is 5.75 Å². The minimum absolute atomic E-state index is 0.535. The molecule has 0 aliphatic carbocycles. The summed E-state index contributed by atoms with van der Waals surface area (Å²) in [5.41, 5.74) is 1.81. The molecule has 0 bridgehead atoms. The Labute approximate surface area is 117 Å². The van der Waals surface area contributed by atoms with Gasteiger partial charge in [-0.15, -0.1) is 11.3 Å². The third-order valence-corrected chi connectivity index (χ3v) is 3.61. The lowest BCUT2D eigenvalue weighted by molar-refractivity contribution is 0.176. The van der Waals surface area contributed by atoms with E-state index >= 15 is 0 Å². The molecular formula is C15H19NO2S. The Hall–Kier alpha value is -1.39. The fraction of sp³-hybridized carbons (Fsp3) is 0.400. The van der Waals surface area contributed by atoms with Gasteiger partial charge in [0.05, 0.1) is 23.4 Å². The number of ether oxygens (including phenoxy) is 1. The molecule has 0 aliphatic heterocycles. The number of hydrogen-bond donors (Lipinski definition) is 1. The highest BCUT2D eigenvalue weighted by molar-refractivity contribution is 7.09. The zero-order valence-electron chi connectivity index (χ0n) is 11.3. The average molecular weight is 277 g/mol. The third kappa shape index (κ3) is 4.04. The van der Waals surface area contributed by atoms with Crippen molar-refractivity contribution >= 4 is 11.3 Å². The Morgan fingerprint density at radius 2 is 2.26 bits per heavy atom. The Kier molecular flexibility index (Phi) is 4.93. The van der Waals surface area contributed by atoms with Gasteiger partial charge < -0.3 is 9.84 Å². The topological polar surface area (TPSA) is 42.4 Å². The lowest BCUT2D eigenvalue weighted by Gasteiger charge is -2.11. The maximum absolute atomic E-state index is 10.2. The van der Waals surface area contributed by atoms with Gasteiger partial charge in [-0.1, -0.05) is 19.1 Å². The molecule has 102 valence electrons. The number of nitrogens with zero attached hydrogens (tertiary/aromatic N) is 1. The van der Waals surface area contributed by atoms with E-state index < -0.39 is 6.10 Å². The summed E-state index contributed by atoms with van der Waals surface area (Å²) in [6.07, 6.45) is 0.985. The number of benzene rings is 1. The Balaban J connectivity index is 2.03. The quantitative estimate of drug-likeness (QED) is 0.878. The molecule has 1 atom stereocenters. The molecular weight excluding hydrogens is 258 g/mol. The minimum atomic E-state index is -0.535. The van der Waals surface area contributed by atoms with Gasteiger partial charge in [0.25, 0.3) is 0 Å². The van der Waals surface area contributed by atoms with E-state index in [1.165, 1.54) is 0 Å². The number of rotatable bonds is 6. The summed E-state index contributed by atoms with van der Waals surface area (Å²) in [4.78, 5) is 4.38. The normalized spacial score (nSPS) is 12.4. The first kappa shape index (κ1) is 14.0. The first-order chi connectivity index (χ1) is 9.19. The van der Waals surface area contributed by atoms with Crippen molar-refractivity contribution in [1.82, 2.24) is 4.98 Å². The van der Waals surface area contributed by atoms with Crippen LogP contribution in [0.3, 0.4) is 0 Å². The van der Waals surface area contributed by atoms with Gasteiger partial charge in [-0.3, -0.25) is 0 Å². The van der Waals surface area contributed by atoms with Gasteiger partial charge in [-0.05, 0) is 31.0 Å². The largest absolute Gasteiger partial charge is 0.494 e. The fourth-order valence-corrected chi connectivity index (χ4v) is 2.47. The van der Waals surface area contributed by atoms with Gasteiger partial charge in [0.2, 0.25) is 0 Å². The zero-order valence-corrected chi connectivity index (χ0v) is 12.1. The highest BCUT2D eigenvalue weighted by Crippen LogP contribution is 2.23. The van der Waals surface area contributed by atoms with Crippen LogP contribution in [0.1, 0.15) is 35.7 Å². The van der Waals surface area contributed by atoms with Gasteiger partial charge in [-0.25, -0.2) is 4.98 Å². The Morgan fingerprint density at radius 3 is 2.95 bits per heavy atom. The molecule has 1 heterocycles. The molecule has 4 heteroatoms. The van der Waals surface area contributed by atoms with Crippen LogP contribution >= 0.6 is 11.3 Å². The predicted molar refractivity (Wildman–Crippen MR) is 77.7 cm³/mol. The van der Waals surface area contributed by atoms with Crippen molar-refractivity contribution in [2.75, 3.05) is 6.61 Å². The van der Waals surface area contributed by atoms with Crippen LogP contribution in [0.4, 0.5) is 0 Å². The maximum atomic E-state index is 10.2. The summed E-state index contributed by atoms with van der Waals surface area (Å²) in [6.45, 7) is 4.74. The summed E-state index contributed by atoms with van der Waals surface area (Å²) >= 11 is 1.61. The molecule has 0 aliphatic rings. The molecule has 3 nitrogen and oxygen atoms in total. The molecule has 2 aromatic rings. The molecule has 0 radical (unpaired) electrons. The average Bonchev–Trinajstić information content (AvgIpc) is 2.82. The molecule has 0 amide bonds. The van der Waals surface area contributed by atoms with E-state index in [9.17, 15) is 5.11 Å².